The molecular formula is C11H16N4O3. The van der Waals surface area contributed by atoms with E-state index in [1.165, 1.54) is 18.7 Å². The molecule has 18 heavy (non-hydrogen) atoms. The Labute approximate surface area is 104 Å². The summed E-state index contributed by atoms with van der Waals surface area (Å²) >= 11 is 0. The zero-order valence-electron chi connectivity index (χ0n) is 10.6. The number of nitriles is 1. The van der Waals surface area contributed by atoms with Gasteiger partial charge < -0.3 is 10.4 Å². The number of aliphatic hydroxyl groups excluding tert-OH is 1. The molecule has 0 saturated heterocycles. The van der Waals surface area contributed by atoms with Crippen molar-refractivity contribution in [2.45, 2.75) is 19.4 Å². The van der Waals surface area contributed by atoms with E-state index in [1.807, 2.05) is 6.92 Å². The molecule has 7 heteroatoms. The van der Waals surface area contributed by atoms with Crippen molar-refractivity contribution < 1.29 is 5.11 Å². The number of nitrogens with one attached hydrogen (secondary N) is 1. The Morgan fingerprint density at radius 3 is 2.44 bits per heavy atom. The van der Waals surface area contributed by atoms with E-state index in [2.05, 4.69) is 5.32 Å². The number of hydrogen-bond acceptors (Lipinski definition) is 5. The molecule has 0 aliphatic carbocycles. The van der Waals surface area contributed by atoms with Crippen molar-refractivity contribution in [3.63, 3.8) is 0 Å². The molecule has 0 aliphatic heterocycles. The minimum atomic E-state index is -0.643. The monoisotopic (exact) mass is 252 g/mol. The van der Waals surface area contributed by atoms with Crippen LogP contribution in [0, 0.1) is 11.3 Å². The highest BCUT2D eigenvalue weighted by Crippen LogP contribution is 2.09. The van der Waals surface area contributed by atoms with E-state index in [-0.39, 0.29) is 24.0 Å². The van der Waals surface area contributed by atoms with Gasteiger partial charge in [-0.3, -0.25) is 13.9 Å². The fourth-order valence-electron chi connectivity index (χ4n) is 1.58. The van der Waals surface area contributed by atoms with Crippen molar-refractivity contribution in [2.24, 2.45) is 14.1 Å². The van der Waals surface area contributed by atoms with E-state index in [0.29, 0.717) is 6.42 Å². The molecule has 0 amide bonds. The highest BCUT2D eigenvalue weighted by molar-refractivity contribution is 5.51. The van der Waals surface area contributed by atoms with Gasteiger partial charge in [0.05, 0.1) is 12.6 Å². The first-order valence-corrected chi connectivity index (χ1v) is 5.55. The zero-order chi connectivity index (χ0) is 13.9. The Morgan fingerprint density at radius 1 is 1.39 bits per heavy atom. The van der Waals surface area contributed by atoms with Crippen LogP contribution in [0.3, 0.4) is 0 Å². The maximum atomic E-state index is 11.8. The van der Waals surface area contributed by atoms with E-state index in [0.717, 1.165) is 4.57 Å². The van der Waals surface area contributed by atoms with E-state index in [9.17, 15) is 9.59 Å². The van der Waals surface area contributed by atoms with E-state index in [1.54, 1.807) is 6.07 Å². The van der Waals surface area contributed by atoms with E-state index in [4.69, 9.17) is 10.4 Å². The third-order valence-electron chi connectivity index (χ3n) is 2.83. The van der Waals surface area contributed by atoms with E-state index >= 15 is 0 Å². The lowest BCUT2D eigenvalue weighted by Crippen LogP contribution is -2.41. The summed E-state index contributed by atoms with van der Waals surface area (Å²) in [7, 11) is 2.79. The van der Waals surface area contributed by atoms with Crippen LogP contribution in [-0.2, 0) is 14.1 Å². The second kappa shape index (κ2) is 5.51. The van der Waals surface area contributed by atoms with Gasteiger partial charge in [0, 0.05) is 14.1 Å². The second-order valence-electron chi connectivity index (χ2n) is 3.97. The maximum Gasteiger partial charge on any atom is 0.332 e. The van der Waals surface area contributed by atoms with Crippen molar-refractivity contribution in [1.82, 2.24) is 9.13 Å². The fourth-order valence-corrected chi connectivity index (χ4v) is 1.58. The predicted octanol–water partition coefficient (Wildman–Crippen LogP) is -0.862. The van der Waals surface area contributed by atoms with Crippen LogP contribution in [-0.4, -0.2) is 26.9 Å². The summed E-state index contributed by atoms with van der Waals surface area (Å²) in [5.74, 6) is 0.145. The van der Waals surface area contributed by atoms with Crippen molar-refractivity contribution in [1.29, 1.82) is 5.26 Å². The van der Waals surface area contributed by atoms with Crippen molar-refractivity contribution >= 4 is 5.82 Å². The number of rotatable bonds is 4. The van der Waals surface area contributed by atoms with Gasteiger partial charge in [-0.25, -0.2) is 4.79 Å². The average molecular weight is 252 g/mol. The van der Waals surface area contributed by atoms with Crippen LogP contribution in [0.25, 0.3) is 0 Å². The minimum Gasteiger partial charge on any atom is -0.394 e. The van der Waals surface area contributed by atoms with Gasteiger partial charge in [0.15, 0.2) is 5.56 Å². The van der Waals surface area contributed by atoms with Gasteiger partial charge >= 0.3 is 5.69 Å². The third kappa shape index (κ3) is 2.28. The Morgan fingerprint density at radius 2 is 2.00 bits per heavy atom. The van der Waals surface area contributed by atoms with Crippen molar-refractivity contribution in [3.05, 3.63) is 26.4 Å². The number of aromatic nitrogens is 2. The van der Waals surface area contributed by atoms with Crippen LogP contribution >= 0.6 is 0 Å². The Bertz CT molecular complexity index is 590. The first-order valence-electron chi connectivity index (χ1n) is 5.55. The molecule has 1 rings (SSSR count). The van der Waals surface area contributed by atoms with Gasteiger partial charge in [-0.2, -0.15) is 5.26 Å². The topological polar surface area (TPSA) is 100 Å². The number of nitrogens with zero attached hydrogens (tertiary/aromatic N) is 3. The van der Waals surface area contributed by atoms with Gasteiger partial charge in [-0.1, -0.05) is 6.92 Å². The quantitative estimate of drug-likeness (QED) is 0.726. The molecule has 0 fully saturated rings. The molecule has 1 heterocycles. The van der Waals surface area contributed by atoms with Gasteiger partial charge in [-0.05, 0) is 6.42 Å². The molecule has 0 bridgehead atoms. The number of hydrogen-bond donors (Lipinski definition) is 2. The summed E-state index contributed by atoms with van der Waals surface area (Å²) < 4.78 is 2.07. The Kier molecular flexibility index (Phi) is 4.28. The van der Waals surface area contributed by atoms with Gasteiger partial charge in [0.1, 0.15) is 11.9 Å². The van der Waals surface area contributed by atoms with Crippen LogP contribution in [0.2, 0.25) is 0 Å². The molecule has 0 spiro atoms. The summed E-state index contributed by atoms with van der Waals surface area (Å²) in [4.78, 5) is 23.5. The number of aliphatic hydroxyl groups is 1. The average Bonchev–Trinajstić information content (AvgIpc) is 2.39. The molecule has 0 aromatic carbocycles. The molecule has 7 nitrogen and oxygen atoms in total. The van der Waals surface area contributed by atoms with Crippen LogP contribution in [0.4, 0.5) is 5.82 Å². The van der Waals surface area contributed by atoms with Crippen LogP contribution in [0.15, 0.2) is 9.59 Å². The lowest BCUT2D eigenvalue weighted by molar-refractivity contribution is 0.271. The smallest absolute Gasteiger partial charge is 0.332 e. The maximum absolute atomic E-state index is 11.8. The standard InChI is InChI=1S/C11H16N4O3/c1-4-7(6-16)13-9-8(5-12)10(17)15(3)11(18)14(9)2/h7,13,16H,4,6H2,1-3H3/t7-/m0/s1. The second-order valence-corrected chi connectivity index (χ2v) is 3.97. The summed E-state index contributed by atoms with van der Waals surface area (Å²) in [5, 5.41) is 21.0. The first kappa shape index (κ1) is 14.0. The normalized spacial score (nSPS) is 11.9. The largest absolute Gasteiger partial charge is 0.394 e. The Hall–Kier alpha value is -2.07. The highest BCUT2D eigenvalue weighted by Gasteiger charge is 2.17. The molecule has 0 aliphatic rings. The van der Waals surface area contributed by atoms with E-state index < -0.39 is 11.2 Å². The van der Waals surface area contributed by atoms with Crippen molar-refractivity contribution in [2.75, 3.05) is 11.9 Å². The molecule has 0 radical (unpaired) electrons. The van der Waals surface area contributed by atoms with Gasteiger partial charge in [-0.15, -0.1) is 0 Å². The molecule has 98 valence electrons. The van der Waals surface area contributed by atoms with Crippen LogP contribution in [0.5, 0.6) is 0 Å². The first-order chi connectivity index (χ1) is 8.47. The summed E-state index contributed by atoms with van der Waals surface area (Å²) in [6.07, 6.45) is 0.602. The summed E-state index contributed by atoms with van der Waals surface area (Å²) in [5.41, 5.74) is -1.29. The predicted molar refractivity (Wildman–Crippen MR) is 66.4 cm³/mol. The molecular weight excluding hydrogens is 236 g/mol. The Balaban J connectivity index is 3.49. The molecule has 0 saturated carbocycles. The molecule has 2 N–H and O–H groups in total. The lowest BCUT2D eigenvalue weighted by atomic mass is 10.2. The summed E-state index contributed by atoms with van der Waals surface area (Å²) in [6, 6.07) is 1.48. The van der Waals surface area contributed by atoms with Gasteiger partial charge in [0.2, 0.25) is 0 Å². The highest BCUT2D eigenvalue weighted by atomic mass is 16.3. The fraction of sp³-hybridized carbons (Fsp3) is 0.545. The number of anilines is 1. The minimum absolute atomic E-state index is 0.133. The van der Waals surface area contributed by atoms with Gasteiger partial charge in [0.25, 0.3) is 5.56 Å². The summed E-state index contributed by atoms with van der Waals surface area (Å²) in [6.45, 7) is 1.70. The molecule has 1 aromatic rings. The third-order valence-corrected chi connectivity index (χ3v) is 2.83. The zero-order valence-corrected chi connectivity index (χ0v) is 10.6. The molecule has 1 aromatic heterocycles. The molecule has 1 atom stereocenters. The van der Waals surface area contributed by atoms with Crippen molar-refractivity contribution in [3.8, 4) is 6.07 Å². The lowest BCUT2D eigenvalue weighted by Gasteiger charge is -2.19. The molecule has 0 unspecified atom stereocenters. The SMILES string of the molecule is CC[C@@H](CO)Nc1c(C#N)c(=O)n(C)c(=O)n1C. The van der Waals surface area contributed by atoms with Crippen LogP contribution in [0.1, 0.15) is 18.9 Å². The van der Waals surface area contributed by atoms with Crippen LogP contribution < -0.4 is 16.6 Å².